The molecule has 1 fully saturated rings. The molecule has 3 rings (SSSR count). The third kappa shape index (κ3) is 3.76. The number of nitrogens with one attached hydrogen (secondary N) is 2. The summed E-state index contributed by atoms with van der Waals surface area (Å²) in [7, 11) is 0. The topological polar surface area (TPSA) is 62.7 Å². The first-order valence-corrected chi connectivity index (χ1v) is 7.51. The van der Waals surface area contributed by atoms with Gasteiger partial charge in [-0.1, -0.05) is 6.07 Å². The van der Waals surface area contributed by atoms with Crippen molar-refractivity contribution in [2.75, 3.05) is 18.4 Å². The van der Waals surface area contributed by atoms with Crippen molar-refractivity contribution in [1.29, 1.82) is 0 Å². The summed E-state index contributed by atoms with van der Waals surface area (Å²) in [6.07, 6.45) is 8.85. The van der Waals surface area contributed by atoms with Crippen LogP contribution in [0.3, 0.4) is 0 Å². The molecule has 0 amide bonds. The molecule has 1 saturated heterocycles. The van der Waals surface area contributed by atoms with E-state index in [0.717, 1.165) is 42.4 Å². The monoisotopic (exact) mass is 283 g/mol. The molecule has 0 aliphatic carbocycles. The Morgan fingerprint density at radius 1 is 1.29 bits per heavy atom. The Balaban J connectivity index is 1.69. The van der Waals surface area contributed by atoms with E-state index >= 15 is 0 Å². The van der Waals surface area contributed by atoms with Crippen molar-refractivity contribution >= 4 is 11.6 Å². The van der Waals surface area contributed by atoms with Crippen molar-refractivity contribution in [3.8, 4) is 0 Å². The van der Waals surface area contributed by atoms with Gasteiger partial charge in [0.15, 0.2) is 0 Å². The largest absolute Gasteiger partial charge is 0.323 e. The fourth-order valence-electron chi connectivity index (χ4n) is 2.68. The van der Waals surface area contributed by atoms with Crippen molar-refractivity contribution in [1.82, 2.24) is 20.3 Å². The van der Waals surface area contributed by atoms with Gasteiger partial charge < -0.3 is 10.6 Å². The van der Waals surface area contributed by atoms with E-state index in [1.807, 2.05) is 25.3 Å². The minimum absolute atomic E-state index is 0.715. The van der Waals surface area contributed by atoms with Gasteiger partial charge in [-0.3, -0.25) is 4.98 Å². The van der Waals surface area contributed by atoms with Crippen molar-refractivity contribution in [2.24, 2.45) is 5.92 Å². The smallest absolute Gasteiger partial charge is 0.150 e. The van der Waals surface area contributed by atoms with E-state index in [1.165, 1.54) is 12.8 Å². The number of rotatable bonds is 4. The fraction of sp³-hybridized carbons (Fsp3) is 0.438. The van der Waals surface area contributed by atoms with Crippen molar-refractivity contribution in [2.45, 2.75) is 26.2 Å². The molecule has 21 heavy (non-hydrogen) atoms. The second-order valence-corrected chi connectivity index (χ2v) is 5.59. The standard InChI is InChI=1S/C16H21N5/c1-12-3-2-6-19-16(12)21-15-11-18-10-14(20-15)9-13-4-7-17-8-5-13/h2-3,6,10-11,13,17H,4-5,7-9H2,1H3,(H,19,20,21). The van der Waals surface area contributed by atoms with E-state index in [1.54, 1.807) is 12.4 Å². The van der Waals surface area contributed by atoms with Crippen molar-refractivity contribution < 1.29 is 0 Å². The normalized spacial score (nSPS) is 15.9. The maximum absolute atomic E-state index is 4.67. The molecule has 0 radical (unpaired) electrons. The Morgan fingerprint density at radius 2 is 2.14 bits per heavy atom. The molecule has 1 aliphatic heterocycles. The third-order valence-electron chi connectivity index (χ3n) is 3.90. The molecule has 110 valence electrons. The number of hydrogen-bond donors (Lipinski definition) is 2. The van der Waals surface area contributed by atoms with Crippen molar-refractivity contribution in [3.63, 3.8) is 0 Å². The highest BCUT2D eigenvalue weighted by Gasteiger charge is 2.14. The maximum Gasteiger partial charge on any atom is 0.150 e. The lowest BCUT2D eigenvalue weighted by Crippen LogP contribution is -2.28. The van der Waals surface area contributed by atoms with Gasteiger partial charge in [0.2, 0.25) is 0 Å². The molecule has 0 atom stereocenters. The highest BCUT2D eigenvalue weighted by molar-refractivity contribution is 5.54. The molecule has 2 aromatic heterocycles. The van der Waals surface area contributed by atoms with E-state index in [2.05, 4.69) is 25.6 Å². The van der Waals surface area contributed by atoms with Crippen molar-refractivity contribution in [3.05, 3.63) is 42.0 Å². The summed E-state index contributed by atoms with van der Waals surface area (Å²) < 4.78 is 0. The second kappa shape index (κ2) is 6.63. The first-order valence-electron chi connectivity index (χ1n) is 7.51. The van der Waals surface area contributed by atoms with Gasteiger partial charge in [0.25, 0.3) is 0 Å². The lowest BCUT2D eigenvalue weighted by molar-refractivity contribution is 0.370. The summed E-state index contributed by atoms with van der Waals surface area (Å²) in [5.41, 5.74) is 2.16. The van der Waals surface area contributed by atoms with Gasteiger partial charge in [-0.25, -0.2) is 9.97 Å². The van der Waals surface area contributed by atoms with Gasteiger partial charge in [-0.05, 0) is 56.8 Å². The first-order chi connectivity index (χ1) is 10.3. The summed E-state index contributed by atoms with van der Waals surface area (Å²) in [5.74, 6) is 2.32. The molecule has 0 unspecified atom stereocenters. The Bertz CT molecular complexity index is 593. The van der Waals surface area contributed by atoms with Crippen LogP contribution in [0.4, 0.5) is 11.6 Å². The molecular weight excluding hydrogens is 262 g/mol. The van der Waals surface area contributed by atoms with E-state index in [4.69, 9.17) is 0 Å². The number of nitrogens with zero attached hydrogens (tertiary/aromatic N) is 3. The van der Waals surface area contributed by atoms with Crippen LogP contribution in [0.5, 0.6) is 0 Å². The van der Waals surface area contributed by atoms with E-state index in [-0.39, 0.29) is 0 Å². The molecule has 0 bridgehead atoms. The van der Waals surface area contributed by atoms with Crippen LogP contribution >= 0.6 is 0 Å². The fourth-order valence-corrected chi connectivity index (χ4v) is 2.68. The molecule has 2 N–H and O–H groups in total. The van der Waals surface area contributed by atoms with Crippen LogP contribution in [-0.2, 0) is 6.42 Å². The number of piperidine rings is 1. The van der Waals surface area contributed by atoms with Crippen LogP contribution in [0.2, 0.25) is 0 Å². The Kier molecular flexibility index (Phi) is 4.40. The summed E-state index contributed by atoms with van der Waals surface area (Å²) in [5, 5.41) is 6.65. The average molecular weight is 283 g/mol. The number of aryl methyl sites for hydroxylation is 1. The highest BCUT2D eigenvalue weighted by Crippen LogP contribution is 2.19. The minimum atomic E-state index is 0.715. The number of hydrogen-bond acceptors (Lipinski definition) is 5. The van der Waals surface area contributed by atoms with E-state index < -0.39 is 0 Å². The molecule has 3 heterocycles. The van der Waals surface area contributed by atoms with Crippen LogP contribution in [0, 0.1) is 12.8 Å². The molecule has 1 aliphatic rings. The van der Waals surface area contributed by atoms with Gasteiger partial charge in [0.05, 0.1) is 11.9 Å². The molecule has 0 saturated carbocycles. The highest BCUT2D eigenvalue weighted by atomic mass is 15.1. The SMILES string of the molecule is Cc1cccnc1Nc1cncc(CC2CCNCC2)n1. The molecule has 5 heteroatoms. The molecule has 0 aromatic carbocycles. The molecule has 5 nitrogen and oxygen atoms in total. The Hall–Kier alpha value is -2.01. The maximum atomic E-state index is 4.67. The quantitative estimate of drug-likeness (QED) is 0.902. The zero-order valence-electron chi connectivity index (χ0n) is 12.3. The molecule has 2 aromatic rings. The van der Waals surface area contributed by atoms with Gasteiger partial charge >= 0.3 is 0 Å². The lowest BCUT2D eigenvalue weighted by Gasteiger charge is -2.22. The summed E-state index contributed by atoms with van der Waals surface area (Å²) >= 11 is 0. The first kappa shape index (κ1) is 13.9. The number of aromatic nitrogens is 3. The second-order valence-electron chi connectivity index (χ2n) is 5.59. The van der Waals surface area contributed by atoms with Crippen LogP contribution in [0.25, 0.3) is 0 Å². The Morgan fingerprint density at radius 3 is 2.95 bits per heavy atom. The van der Waals surface area contributed by atoms with Crippen LogP contribution < -0.4 is 10.6 Å². The van der Waals surface area contributed by atoms with Gasteiger partial charge in [0.1, 0.15) is 11.6 Å². The molecular formula is C16H21N5. The number of anilines is 2. The summed E-state index contributed by atoms with van der Waals surface area (Å²) in [6.45, 7) is 4.26. The predicted octanol–water partition coefficient (Wildman–Crippen LogP) is 2.47. The summed E-state index contributed by atoms with van der Waals surface area (Å²) in [4.78, 5) is 13.3. The van der Waals surface area contributed by atoms with E-state index in [0.29, 0.717) is 5.92 Å². The minimum Gasteiger partial charge on any atom is -0.323 e. The van der Waals surface area contributed by atoms with E-state index in [9.17, 15) is 0 Å². The third-order valence-corrected chi connectivity index (χ3v) is 3.90. The average Bonchev–Trinajstić information content (AvgIpc) is 2.51. The molecule has 0 spiro atoms. The number of pyridine rings is 1. The zero-order chi connectivity index (χ0) is 14.5. The van der Waals surface area contributed by atoms with Crippen LogP contribution in [0.1, 0.15) is 24.1 Å². The van der Waals surface area contributed by atoms with Crippen LogP contribution in [0.15, 0.2) is 30.7 Å². The Labute approximate surface area is 125 Å². The van der Waals surface area contributed by atoms with Crippen LogP contribution in [-0.4, -0.2) is 28.0 Å². The van der Waals surface area contributed by atoms with Gasteiger partial charge in [-0.2, -0.15) is 0 Å². The summed E-state index contributed by atoms with van der Waals surface area (Å²) in [6, 6.07) is 3.96. The zero-order valence-corrected chi connectivity index (χ0v) is 12.3. The van der Waals surface area contributed by atoms with Gasteiger partial charge in [-0.15, -0.1) is 0 Å². The lowest BCUT2D eigenvalue weighted by atomic mass is 9.93. The predicted molar refractivity (Wildman–Crippen MR) is 83.6 cm³/mol. The van der Waals surface area contributed by atoms with Gasteiger partial charge in [0, 0.05) is 12.4 Å².